The number of carbonyl (C=O) groups is 3. The maximum Gasteiger partial charge on any atom is 0.255 e. The third-order valence-corrected chi connectivity index (χ3v) is 19.7. The Morgan fingerprint density at radius 2 is 0.667 bits per heavy atom. The van der Waals surface area contributed by atoms with Crippen molar-refractivity contribution in [3.63, 3.8) is 0 Å². The summed E-state index contributed by atoms with van der Waals surface area (Å²) in [6, 6.07) is 10.1. The van der Waals surface area contributed by atoms with Crippen LogP contribution in [0.25, 0.3) is 0 Å². The summed E-state index contributed by atoms with van der Waals surface area (Å²) in [5.41, 5.74) is -2.47. The van der Waals surface area contributed by atoms with E-state index in [-0.39, 0.29) is 69.3 Å². The Morgan fingerprint density at radius 1 is 0.376 bits per heavy atom. The molecule has 6 aromatic rings. The van der Waals surface area contributed by atoms with Gasteiger partial charge in [0.25, 0.3) is 17.7 Å². The van der Waals surface area contributed by atoms with Gasteiger partial charge in [-0.3, -0.25) is 14.4 Å². The number of amides is 3. The van der Waals surface area contributed by atoms with Crippen LogP contribution in [0.4, 0.5) is 78.5 Å². The van der Waals surface area contributed by atoms with Crippen molar-refractivity contribution in [1.29, 1.82) is 0 Å². The normalized spacial score (nSPS) is 20.3. The molecule has 3 unspecified atom stereocenters. The number of carbonyl (C=O) groups excluding carboxylic acids is 3. The van der Waals surface area contributed by atoms with E-state index < -0.39 is 211 Å². The summed E-state index contributed by atoms with van der Waals surface area (Å²) in [7, 11) is -13.7. The van der Waals surface area contributed by atoms with Gasteiger partial charge in [-0.2, -0.15) is 12.9 Å². The zero-order valence-corrected chi connectivity index (χ0v) is 49.9. The van der Waals surface area contributed by atoms with E-state index in [1.54, 1.807) is 0 Å². The molecule has 9 rings (SSSR count). The quantitative estimate of drug-likeness (QED) is 0.0453. The lowest BCUT2D eigenvalue weighted by Gasteiger charge is -2.23. The van der Waals surface area contributed by atoms with E-state index in [1.807, 2.05) is 0 Å². The molecule has 3 aliphatic heterocycles. The van der Waals surface area contributed by atoms with Gasteiger partial charge in [0.2, 0.25) is 30.1 Å². The molecular weight excluding hydrogens is 1340 g/mol. The highest BCUT2D eigenvalue weighted by Crippen LogP contribution is 2.30. The fraction of sp³-hybridized carbons (Fsp3) is 0.316. The summed E-state index contributed by atoms with van der Waals surface area (Å²) < 4.78 is 269. The van der Waals surface area contributed by atoms with E-state index in [1.165, 1.54) is 0 Å². The first-order valence-corrected chi connectivity index (χ1v) is 31.6. The van der Waals surface area contributed by atoms with Crippen LogP contribution >= 0.6 is 0 Å². The van der Waals surface area contributed by atoms with Gasteiger partial charge in [0, 0.05) is 109 Å². The van der Waals surface area contributed by atoms with Gasteiger partial charge in [0.05, 0.1) is 24.4 Å². The molecule has 3 heterocycles. The fourth-order valence-corrected chi connectivity index (χ4v) is 14.1. The van der Waals surface area contributed by atoms with Crippen LogP contribution in [0.3, 0.4) is 0 Å². The Morgan fingerprint density at radius 3 is 0.989 bits per heavy atom. The van der Waals surface area contributed by atoms with Crippen LogP contribution in [-0.4, -0.2) is 152 Å². The number of rotatable bonds is 12. The Kier molecular flexibility index (Phi) is 23.6. The van der Waals surface area contributed by atoms with Crippen LogP contribution in [0.1, 0.15) is 69.6 Å². The second kappa shape index (κ2) is 30.2. The zero-order valence-electron chi connectivity index (χ0n) is 47.4. The number of halogens is 14. The van der Waals surface area contributed by atoms with E-state index in [2.05, 4.69) is 16.0 Å². The Bertz CT molecular complexity index is 3900. The van der Waals surface area contributed by atoms with E-state index in [0.29, 0.717) is 69.3 Å². The molecule has 0 spiro atoms. The van der Waals surface area contributed by atoms with Gasteiger partial charge in [-0.05, 0) is 93.1 Å². The number of β-amino-alcohol motifs (C(OH)–C–C–N with tert-alkyl or cyclic N) is 3. The topological polar surface area (TPSA) is 280 Å². The van der Waals surface area contributed by atoms with E-state index in [9.17, 15) is 122 Å². The van der Waals surface area contributed by atoms with Crippen LogP contribution in [-0.2, 0) is 30.1 Å². The highest BCUT2D eigenvalue weighted by atomic mass is 32.2. The average Bonchev–Trinajstić information content (AvgIpc) is 1.61. The number of aliphatic hydroxyl groups is 4. The number of alkyl halides is 2. The van der Waals surface area contributed by atoms with Crippen molar-refractivity contribution in [3.05, 3.63) is 177 Å². The van der Waals surface area contributed by atoms with Crippen LogP contribution in [0.15, 0.2) is 106 Å². The molecule has 6 atom stereocenters. The van der Waals surface area contributed by atoms with Crippen LogP contribution in [0, 0.1) is 69.8 Å². The number of nitrogens with one attached hydrogen (secondary N) is 3. The maximum atomic E-state index is 14.4. The van der Waals surface area contributed by atoms with Gasteiger partial charge in [0.15, 0.2) is 52.4 Å². The number of benzene rings is 6. The summed E-state index contributed by atoms with van der Waals surface area (Å²) in [6.45, 7) is -2.64. The van der Waals surface area contributed by atoms with Gasteiger partial charge < -0.3 is 36.4 Å². The number of hydrogen-bond acceptors (Lipinski definition) is 13. The Balaban J connectivity index is 0.000000198. The number of anilines is 3. The molecule has 93 heavy (non-hydrogen) atoms. The molecule has 504 valence electrons. The standard InChI is InChI=1S/2C19H17F5N2O4S.C19H18F4N2O5S/c20-11-2-3-13(27)9-26(8-11)31(29,30)17-5-10(1-4-14(17)21)19(28)25-12-6-15(22)18(24)16(23)7-12;20-12-4-3-10(19(28)25-11-7-13(21)18(24)14(22)8-11)6-17(12)31(29,30)26-5-1-2-16(27)15(23)9-26;20-14-4-1-10(19(28)24-11-6-15(21)18(23)16(22)7-11)5-17(14)31(29,30)25-8-12(26)2-3-13(27)9-25/h1,4-7,11,13,27H,2-3,8-9H2,(H,25,28);3-4,6-8,15-16,27H,1-2,5,9H2,(H,25,28);1,4-7,12-13,26-27H,2-3,8-9H2,(H,24,28)/t;15?,16-;12-,13+/m.1./s1. The molecule has 6 aromatic carbocycles. The fourth-order valence-electron chi connectivity index (χ4n) is 9.31. The molecular formula is C57H52F14N6O13S3. The van der Waals surface area contributed by atoms with Gasteiger partial charge in [-0.15, -0.1) is 0 Å². The molecule has 19 nitrogen and oxygen atoms in total. The van der Waals surface area contributed by atoms with E-state index in [0.717, 1.165) is 34.6 Å². The first-order chi connectivity index (χ1) is 43.5. The zero-order chi connectivity index (χ0) is 68.8. The van der Waals surface area contributed by atoms with E-state index >= 15 is 0 Å². The third kappa shape index (κ3) is 17.8. The number of sulfonamides is 3. The predicted molar refractivity (Wildman–Crippen MR) is 300 cm³/mol. The Labute approximate surface area is 520 Å². The summed E-state index contributed by atoms with van der Waals surface area (Å²) in [4.78, 5) is 34.4. The number of aliphatic hydroxyl groups excluding tert-OH is 4. The average molecular weight is 1390 g/mol. The van der Waals surface area contributed by atoms with Crippen molar-refractivity contribution in [2.24, 2.45) is 0 Å². The van der Waals surface area contributed by atoms with Crippen molar-refractivity contribution in [1.82, 2.24) is 12.9 Å². The van der Waals surface area contributed by atoms with Crippen molar-refractivity contribution in [3.8, 4) is 0 Å². The lowest BCUT2D eigenvalue weighted by Crippen LogP contribution is -2.39. The second-order valence-corrected chi connectivity index (χ2v) is 26.7. The molecule has 0 saturated carbocycles. The lowest BCUT2D eigenvalue weighted by atomic mass is 10.1. The monoisotopic (exact) mass is 1390 g/mol. The SMILES string of the molecule is O=C(Nc1cc(F)c(F)c(F)c1)c1ccc(F)c(S(=O)(=O)N2CC(O)CCC(F)C2)c1.O=C(Nc1cc(F)c(F)c(F)c1)c1ccc(F)c(S(=O)(=O)N2CCC[C@@H](O)C(F)C2)c1.O=C(Nc1cc(F)c(F)c(F)c1)c1ccc(F)c(S(=O)(=O)N2C[C@H](O)CC[C@H](O)C2)c1. The summed E-state index contributed by atoms with van der Waals surface area (Å²) >= 11 is 0. The molecule has 3 fully saturated rings. The third-order valence-electron chi connectivity index (χ3n) is 14.2. The highest BCUT2D eigenvalue weighted by Gasteiger charge is 2.38. The number of nitrogens with zero attached hydrogens (tertiary/aromatic N) is 3. The Hall–Kier alpha value is -7.68. The van der Waals surface area contributed by atoms with Crippen LogP contribution in [0.2, 0.25) is 0 Å². The van der Waals surface area contributed by atoms with Crippen LogP contribution in [0.5, 0.6) is 0 Å². The minimum atomic E-state index is -4.62. The smallest absolute Gasteiger partial charge is 0.255 e. The molecule has 0 aromatic heterocycles. The summed E-state index contributed by atoms with van der Waals surface area (Å²) in [6.07, 6.45) is -7.61. The largest absolute Gasteiger partial charge is 0.392 e. The van der Waals surface area contributed by atoms with Gasteiger partial charge in [0.1, 0.15) is 44.5 Å². The van der Waals surface area contributed by atoms with Crippen LogP contribution < -0.4 is 16.0 Å². The van der Waals surface area contributed by atoms with Crippen molar-refractivity contribution in [2.45, 2.75) is 90.0 Å². The van der Waals surface area contributed by atoms with E-state index in [4.69, 9.17) is 0 Å². The predicted octanol–water partition coefficient (Wildman–Crippen LogP) is 7.96. The molecule has 3 saturated heterocycles. The second-order valence-electron chi connectivity index (χ2n) is 21.0. The van der Waals surface area contributed by atoms with Gasteiger partial charge in [-0.25, -0.2) is 86.7 Å². The first kappa shape index (κ1) is 72.7. The molecule has 7 N–H and O–H groups in total. The van der Waals surface area contributed by atoms with Crippen molar-refractivity contribution < 1.29 is 122 Å². The lowest BCUT2D eigenvalue weighted by molar-refractivity contribution is 0.0732. The molecule has 0 radical (unpaired) electrons. The van der Waals surface area contributed by atoms with Crippen molar-refractivity contribution >= 4 is 64.9 Å². The van der Waals surface area contributed by atoms with Gasteiger partial charge in [-0.1, -0.05) is 0 Å². The molecule has 0 bridgehead atoms. The minimum absolute atomic E-state index is 0.0307. The first-order valence-electron chi connectivity index (χ1n) is 27.3. The molecule has 0 aliphatic carbocycles. The summed E-state index contributed by atoms with van der Waals surface area (Å²) in [5, 5.41) is 45.3. The molecule has 3 amide bonds. The number of hydrogen-bond donors (Lipinski definition) is 7. The molecule has 36 heteroatoms. The minimum Gasteiger partial charge on any atom is -0.392 e. The van der Waals surface area contributed by atoms with Gasteiger partial charge >= 0.3 is 0 Å². The maximum absolute atomic E-state index is 14.4. The highest BCUT2D eigenvalue weighted by molar-refractivity contribution is 7.89. The van der Waals surface area contributed by atoms with Crippen molar-refractivity contribution in [2.75, 3.05) is 55.2 Å². The molecule has 3 aliphatic rings. The summed E-state index contributed by atoms with van der Waals surface area (Å²) in [5.74, 6) is -21.2.